The zero-order valence-electron chi connectivity index (χ0n) is 14.2. The van der Waals surface area contributed by atoms with Crippen LogP contribution < -0.4 is 0 Å². The average Bonchev–Trinajstić information content (AvgIpc) is 3.07. The lowest BCUT2D eigenvalue weighted by Crippen LogP contribution is -2.30. The van der Waals surface area contributed by atoms with Crippen LogP contribution >= 0.6 is 0 Å². The Morgan fingerprint density at radius 2 is 1.85 bits per heavy atom. The van der Waals surface area contributed by atoms with Gasteiger partial charge in [-0.25, -0.2) is 0 Å². The van der Waals surface area contributed by atoms with Crippen molar-refractivity contribution in [2.75, 3.05) is 13.1 Å². The Labute approximate surface area is 150 Å². The van der Waals surface area contributed by atoms with Gasteiger partial charge in [-0.2, -0.15) is 0 Å². The number of non-ortho nitro benzene ring substituents is 1. The molecule has 0 aromatic heterocycles. The number of carboxylic acids is 1. The van der Waals surface area contributed by atoms with E-state index in [0.29, 0.717) is 5.56 Å². The summed E-state index contributed by atoms with van der Waals surface area (Å²) in [4.78, 5) is 36.4. The second-order valence-electron chi connectivity index (χ2n) is 6.49. The van der Waals surface area contributed by atoms with Crippen molar-refractivity contribution in [3.63, 3.8) is 0 Å². The summed E-state index contributed by atoms with van der Waals surface area (Å²) < 4.78 is 0. The molecule has 1 heterocycles. The van der Waals surface area contributed by atoms with Crippen LogP contribution in [0.5, 0.6) is 0 Å². The van der Waals surface area contributed by atoms with Gasteiger partial charge in [0.05, 0.1) is 10.8 Å². The van der Waals surface area contributed by atoms with Gasteiger partial charge in [-0.05, 0) is 24.1 Å². The number of likely N-dealkylation sites (tertiary alicyclic amines) is 1. The number of hydrogen-bond acceptors (Lipinski definition) is 4. The van der Waals surface area contributed by atoms with Gasteiger partial charge in [0.15, 0.2) is 0 Å². The van der Waals surface area contributed by atoms with Crippen LogP contribution in [0.25, 0.3) is 0 Å². The summed E-state index contributed by atoms with van der Waals surface area (Å²) in [5, 5.41) is 20.6. The van der Waals surface area contributed by atoms with Crippen LogP contribution in [0.3, 0.4) is 0 Å². The van der Waals surface area contributed by atoms with E-state index in [1.807, 2.05) is 30.3 Å². The minimum atomic E-state index is -0.954. The van der Waals surface area contributed by atoms with Crippen LogP contribution in [0.15, 0.2) is 48.5 Å². The van der Waals surface area contributed by atoms with E-state index in [9.17, 15) is 24.8 Å². The van der Waals surface area contributed by atoms with E-state index in [4.69, 9.17) is 0 Å². The highest BCUT2D eigenvalue weighted by Gasteiger charge is 2.40. The summed E-state index contributed by atoms with van der Waals surface area (Å²) >= 11 is 0. The normalized spacial score (nSPS) is 19.3. The van der Waals surface area contributed by atoms with Crippen LogP contribution in [0, 0.1) is 23.0 Å². The molecule has 134 valence electrons. The number of carbonyl (C=O) groups excluding carboxylic acids is 1. The van der Waals surface area contributed by atoms with Crippen molar-refractivity contribution in [1.29, 1.82) is 0 Å². The van der Waals surface area contributed by atoms with Crippen LogP contribution in [-0.4, -0.2) is 39.9 Å². The highest BCUT2D eigenvalue weighted by Crippen LogP contribution is 2.34. The Morgan fingerprint density at radius 3 is 2.46 bits per heavy atom. The third-order valence-electron chi connectivity index (χ3n) is 4.67. The molecule has 1 N–H and O–H groups in total. The van der Waals surface area contributed by atoms with Gasteiger partial charge in [0, 0.05) is 36.7 Å². The second-order valence-corrected chi connectivity index (χ2v) is 6.49. The van der Waals surface area contributed by atoms with E-state index in [1.54, 1.807) is 13.0 Å². The maximum absolute atomic E-state index is 12.8. The first-order chi connectivity index (χ1) is 12.4. The number of carboxylic acid groups (broad SMARTS) is 1. The third kappa shape index (κ3) is 3.42. The van der Waals surface area contributed by atoms with Crippen molar-refractivity contribution >= 4 is 17.6 Å². The van der Waals surface area contributed by atoms with Crippen LogP contribution in [-0.2, 0) is 4.79 Å². The minimum absolute atomic E-state index is 0.0788. The Bertz CT molecular complexity index is 865. The quantitative estimate of drug-likeness (QED) is 0.672. The van der Waals surface area contributed by atoms with E-state index in [2.05, 4.69) is 0 Å². The zero-order chi connectivity index (χ0) is 18.8. The molecule has 0 saturated carbocycles. The summed E-state index contributed by atoms with van der Waals surface area (Å²) in [6.45, 7) is 2.03. The van der Waals surface area contributed by atoms with E-state index in [1.165, 1.54) is 17.0 Å². The Balaban J connectivity index is 1.89. The first kappa shape index (κ1) is 17.6. The Kier molecular flexibility index (Phi) is 4.71. The molecule has 1 saturated heterocycles. The highest BCUT2D eigenvalue weighted by atomic mass is 16.6. The standard InChI is InChI=1S/C19H18N2O5/c1-12-7-14(9-15(8-12)21(25)26)18(22)20-10-16(17(11-20)19(23)24)13-5-3-2-4-6-13/h2-9,16-17H,10-11H2,1H3,(H,23,24). The molecule has 7 nitrogen and oxygen atoms in total. The van der Waals surface area contributed by atoms with E-state index in [-0.39, 0.29) is 36.2 Å². The van der Waals surface area contributed by atoms with Crippen molar-refractivity contribution in [1.82, 2.24) is 4.90 Å². The molecule has 1 aliphatic heterocycles. The summed E-state index contributed by atoms with van der Waals surface area (Å²) in [6.07, 6.45) is 0. The van der Waals surface area contributed by atoms with Gasteiger partial charge in [0.2, 0.25) is 0 Å². The fourth-order valence-corrected chi connectivity index (χ4v) is 3.43. The van der Waals surface area contributed by atoms with Gasteiger partial charge in [0.1, 0.15) is 0 Å². The third-order valence-corrected chi connectivity index (χ3v) is 4.67. The predicted octanol–water partition coefficient (Wildman–Crippen LogP) is 2.84. The van der Waals surface area contributed by atoms with Crippen LogP contribution in [0.2, 0.25) is 0 Å². The number of amides is 1. The molecule has 26 heavy (non-hydrogen) atoms. The van der Waals surface area contributed by atoms with Crippen molar-refractivity contribution in [3.05, 3.63) is 75.3 Å². The van der Waals surface area contributed by atoms with Gasteiger partial charge in [-0.3, -0.25) is 19.7 Å². The molecule has 1 fully saturated rings. The van der Waals surface area contributed by atoms with E-state index >= 15 is 0 Å². The lowest BCUT2D eigenvalue weighted by molar-refractivity contribution is -0.384. The number of rotatable bonds is 4. The molecule has 2 aromatic carbocycles. The molecule has 1 aliphatic rings. The van der Waals surface area contributed by atoms with Gasteiger partial charge < -0.3 is 10.0 Å². The Morgan fingerprint density at radius 1 is 1.15 bits per heavy atom. The minimum Gasteiger partial charge on any atom is -0.481 e. The summed E-state index contributed by atoms with van der Waals surface area (Å²) in [7, 11) is 0. The average molecular weight is 354 g/mol. The number of carbonyl (C=O) groups is 2. The topological polar surface area (TPSA) is 101 Å². The molecule has 2 unspecified atom stereocenters. The van der Waals surface area contributed by atoms with Gasteiger partial charge in [0.25, 0.3) is 11.6 Å². The molecule has 1 amide bonds. The predicted molar refractivity (Wildman–Crippen MR) is 94.0 cm³/mol. The van der Waals surface area contributed by atoms with Crippen molar-refractivity contribution in [2.24, 2.45) is 5.92 Å². The first-order valence-electron chi connectivity index (χ1n) is 8.20. The lowest BCUT2D eigenvalue weighted by Gasteiger charge is -2.17. The number of nitro groups is 1. The molecule has 0 bridgehead atoms. The molecular formula is C19H18N2O5. The summed E-state index contributed by atoms with van der Waals surface area (Å²) in [5.74, 6) is -2.36. The highest BCUT2D eigenvalue weighted by molar-refractivity contribution is 5.95. The molecule has 0 spiro atoms. The summed E-state index contributed by atoms with van der Waals surface area (Å²) in [6, 6.07) is 13.4. The maximum Gasteiger partial charge on any atom is 0.308 e. The lowest BCUT2D eigenvalue weighted by atomic mass is 9.89. The molecular weight excluding hydrogens is 336 g/mol. The number of aliphatic carboxylic acids is 1. The number of hydrogen-bond donors (Lipinski definition) is 1. The van der Waals surface area contributed by atoms with Crippen molar-refractivity contribution in [3.8, 4) is 0 Å². The van der Waals surface area contributed by atoms with E-state index in [0.717, 1.165) is 5.56 Å². The van der Waals surface area contributed by atoms with Gasteiger partial charge >= 0.3 is 5.97 Å². The number of benzene rings is 2. The molecule has 0 radical (unpaired) electrons. The van der Waals surface area contributed by atoms with Gasteiger partial charge in [-0.15, -0.1) is 0 Å². The molecule has 3 rings (SSSR count). The number of aryl methyl sites for hydroxylation is 1. The molecule has 2 atom stereocenters. The maximum atomic E-state index is 12.8. The van der Waals surface area contributed by atoms with Gasteiger partial charge in [-0.1, -0.05) is 30.3 Å². The Hall–Kier alpha value is -3.22. The largest absolute Gasteiger partial charge is 0.481 e. The fourth-order valence-electron chi connectivity index (χ4n) is 3.43. The first-order valence-corrected chi connectivity index (χ1v) is 8.20. The summed E-state index contributed by atoms with van der Waals surface area (Å²) in [5.41, 5.74) is 1.53. The second kappa shape index (κ2) is 6.95. The SMILES string of the molecule is Cc1cc(C(=O)N2CC(C(=O)O)C(c3ccccc3)C2)cc([N+](=O)[O-])c1. The monoisotopic (exact) mass is 354 g/mol. The smallest absolute Gasteiger partial charge is 0.308 e. The molecule has 0 aliphatic carbocycles. The number of nitro benzene ring substituents is 1. The van der Waals surface area contributed by atoms with Crippen molar-refractivity contribution < 1.29 is 19.6 Å². The van der Waals surface area contributed by atoms with Crippen molar-refractivity contribution in [2.45, 2.75) is 12.8 Å². The van der Waals surface area contributed by atoms with Crippen LogP contribution in [0.1, 0.15) is 27.4 Å². The molecule has 2 aromatic rings. The zero-order valence-corrected chi connectivity index (χ0v) is 14.2. The van der Waals surface area contributed by atoms with Crippen LogP contribution in [0.4, 0.5) is 5.69 Å². The molecule has 7 heteroatoms. The number of nitrogens with zero attached hydrogens (tertiary/aromatic N) is 2. The van der Waals surface area contributed by atoms with E-state index < -0.39 is 16.8 Å². The fraction of sp³-hybridized carbons (Fsp3) is 0.263.